The molecule has 1 aliphatic heterocycles. The largest absolute Gasteiger partial charge is 0.497 e. The predicted molar refractivity (Wildman–Crippen MR) is 117 cm³/mol. The van der Waals surface area contributed by atoms with Crippen LogP contribution >= 0.6 is 0 Å². The summed E-state index contributed by atoms with van der Waals surface area (Å²) in [5.74, 6) is 1.00. The molecule has 1 N–H and O–H groups in total. The molecular formula is C23H30N2O4S. The topological polar surface area (TPSA) is 75.7 Å². The molecule has 0 spiro atoms. The number of amides is 1. The summed E-state index contributed by atoms with van der Waals surface area (Å²) in [6.45, 7) is 5.18. The second kappa shape index (κ2) is 9.62. The zero-order valence-electron chi connectivity index (χ0n) is 17.8. The Kier molecular flexibility index (Phi) is 7.15. The lowest BCUT2D eigenvalue weighted by Crippen LogP contribution is -2.38. The van der Waals surface area contributed by atoms with Gasteiger partial charge in [0.15, 0.2) is 0 Å². The van der Waals surface area contributed by atoms with Crippen LogP contribution in [0.1, 0.15) is 55.1 Å². The first-order chi connectivity index (χ1) is 14.3. The van der Waals surface area contributed by atoms with Gasteiger partial charge in [0.25, 0.3) is 5.91 Å². The van der Waals surface area contributed by atoms with Gasteiger partial charge in [-0.2, -0.15) is 4.31 Å². The second-order valence-corrected chi connectivity index (χ2v) is 9.76. The highest BCUT2D eigenvalue weighted by atomic mass is 32.2. The fourth-order valence-corrected chi connectivity index (χ4v) is 5.19. The van der Waals surface area contributed by atoms with Gasteiger partial charge in [0.05, 0.1) is 18.0 Å². The third-order valence-corrected chi connectivity index (χ3v) is 7.60. The van der Waals surface area contributed by atoms with Crippen molar-refractivity contribution in [2.75, 3.05) is 20.2 Å². The molecule has 0 aliphatic carbocycles. The quantitative estimate of drug-likeness (QED) is 0.720. The average molecular weight is 431 g/mol. The van der Waals surface area contributed by atoms with Crippen molar-refractivity contribution in [3.63, 3.8) is 0 Å². The van der Waals surface area contributed by atoms with Crippen LogP contribution in [0.4, 0.5) is 0 Å². The van der Waals surface area contributed by atoms with Crippen molar-refractivity contribution in [1.82, 2.24) is 9.62 Å². The molecule has 0 bridgehead atoms. The summed E-state index contributed by atoms with van der Waals surface area (Å²) in [5.41, 5.74) is 1.31. The van der Waals surface area contributed by atoms with Gasteiger partial charge in [-0.15, -0.1) is 0 Å². The summed E-state index contributed by atoms with van der Waals surface area (Å²) in [4.78, 5) is 13.0. The van der Waals surface area contributed by atoms with Gasteiger partial charge >= 0.3 is 0 Å². The number of piperidine rings is 1. The van der Waals surface area contributed by atoms with E-state index >= 15 is 0 Å². The van der Waals surface area contributed by atoms with Crippen LogP contribution in [0.25, 0.3) is 0 Å². The molecule has 2 aromatic rings. The first-order valence-electron chi connectivity index (χ1n) is 10.4. The van der Waals surface area contributed by atoms with E-state index in [-0.39, 0.29) is 16.8 Å². The number of sulfonamides is 1. The Hall–Kier alpha value is -2.38. The van der Waals surface area contributed by atoms with E-state index in [0.29, 0.717) is 31.0 Å². The highest BCUT2D eigenvalue weighted by Gasteiger charge is 2.28. The third-order valence-electron chi connectivity index (χ3n) is 5.71. The second-order valence-electron chi connectivity index (χ2n) is 7.82. The first kappa shape index (κ1) is 22.3. The molecule has 1 fully saturated rings. The summed E-state index contributed by atoms with van der Waals surface area (Å²) in [6.07, 6.45) is 2.43. The number of benzene rings is 2. The van der Waals surface area contributed by atoms with E-state index in [9.17, 15) is 13.2 Å². The van der Waals surface area contributed by atoms with Gasteiger partial charge in [0.2, 0.25) is 10.0 Å². The van der Waals surface area contributed by atoms with E-state index in [1.807, 2.05) is 31.2 Å². The zero-order chi connectivity index (χ0) is 21.7. The fourth-order valence-electron chi connectivity index (χ4n) is 3.67. The van der Waals surface area contributed by atoms with Crippen molar-refractivity contribution in [2.24, 2.45) is 5.92 Å². The molecule has 30 heavy (non-hydrogen) atoms. The number of carbonyl (C=O) groups is 1. The minimum absolute atomic E-state index is 0.169. The van der Waals surface area contributed by atoms with Crippen molar-refractivity contribution >= 4 is 15.9 Å². The van der Waals surface area contributed by atoms with Crippen molar-refractivity contribution in [3.05, 3.63) is 59.7 Å². The number of hydrogen-bond acceptors (Lipinski definition) is 4. The highest BCUT2D eigenvalue weighted by molar-refractivity contribution is 7.89. The molecule has 0 saturated carbocycles. The van der Waals surface area contributed by atoms with Crippen LogP contribution in [0.3, 0.4) is 0 Å². The van der Waals surface area contributed by atoms with Gasteiger partial charge in [-0.3, -0.25) is 4.79 Å². The van der Waals surface area contributed by atoms with Crippen LogP contribution in [0, 0.1) is 5.92 Å². The summed E-state index contributed by atoms with van der Waals surface area (Å²) in [5, 5.41) is 3.01. The van der Waals surface area contributed by atoms with Crippen LogP contribution < -0.4 is 10.1 Å². The fraction of sp³-hybridized carbons (Fsp3) is 0.435. The molecule has 1 atom stereocenters. The predicted octanol–water partition coefficient (Wildman–Crippen LogP) is 4.00. The normalized spacial score (nSPS) is 16.8. The Morgan fingerprint density at radius 3 is 2.43 bits per heavy atom. The van der Waals surface area contributed by atoms with Gasteiger partial charge in [-0.25, -0.2) is 8.42 Å². The number of methoxy groups -OCH3 is 1. The number of nitrogens with zero attached hydrogens (tertiary/aromatic N) is 1. The lowest BCUT2D eigenvalue weighted by molar-refractivity contribution is 0.0935. The van der Waals surface area contributed by atoms with E-state index in [0.717, 1.165) is 24.2 Å². The number of rotatable bonds is 7. The lowest BCUT2D eigenvalue weighted by atomic mass is 10.0. The molecule has 6 nitrogen and oxygen atoms in total. The molecule has 7 heteroatoms. The van der Waals surface area contributed by atoms with Crippen molar-refractivity contribution in [3.8, 4) is 5.75 Å². The van der Waals surface area contributed by atoms with Gasteiger partial charge in [0.1, 0.15) is 5.75 Å². The molecule has 1 aliphatic rings. The van der Waals surface area contributed by atoms with E-state index in [4.69, 9.17) is 4.74 Å². The van der Waals surface area contributed by atoms with Crippen molar-refractivity contribution in [1.29, 1.82) is 0 Å². The Morgan fingerprint density at radius 2 is 1.83 bits per heavy atom. The molecule has 0 radical (unpaired) electrons. The van der Waals surface area contributed by atoms with E-state index in [2.05, 4.69) is 12.2 Å². The van der Waals surface area contributed by atoms with Gasteiger partial charge < -0.3 is 10.1 Å². The Bertz CT molecular complexity index is 965. The molecule has 1 unspecified atom stereocenters. The minimum Gasteiger partial charge on any atom is -0.497 e. The summed E-state index contributed by atoms with van der Waals surface area (Å²) in [6, 6.07) is 13.7. The number of nitrogens with one attached hydrogen (secondary N) is 1. The minimum atomic E-state index is -3.60. The first-order valence-corrected chi connectivity index (χ1v) is 11.8. The summed E-state index contributed by atoms with van der Waals surface area (Å²) >= 11 is 0. The molecular weight excluding hydrogens is 400 g/mol. The van der Waals surface area contributed by atoms with Crippen molar-refractivity contribution in [2.45, 2.75) is 44.0 Å². The molecule has 162 valence electrons. The van der Waals surface area contributed by atoms with Crippen LogP contribution in [0.15, 0.2) is 53.4 Å². The lowest BCUT2D eigenvalue weighted by Gasteiger charge is -2.29. The molecule has 1 saturated heterocycles. The van der Waals surface area contributed by atoms with E-state index in [1.165, 1.54) is 10.4 Å². The van der Waals surface area contributed by atoms with Crippen molar-refractivity contribution < 1.29 is 17.9 Å². The van der Waals surface area contributed by atoms with Gasteiger partial charge in [-0.05, 0) is 61.1 Å². The van der Waals surface area contributed by atoms with Gasteiger partial charge in [-0.1, -0.05) is 32.0 Å². The molecule has 0 aromatic heterocycles. The Balaban J connectivity index is 1.76. The molecule has 1 amide bonds. The number of ether oxygens (including phenoxy) is 1. The maximum Gasteiger partial charge on any atom is 0.251 e. The SMILES string of the molecule is CCC(NC(=O)c1cccc(S(=O)(=O)N2CCC(C)CC2)c1)c1ccc(OC)cc1. The van der Waals surface area contributed by atoms with Crippen LogP contribution in [-0.4, -0.2) is 38.8 Å². The monoisotopic (exact) mass is 430 g/mol. The number of carbonyl (C=O) groups excluding carboxylic acids is 1. The van der Waals surface area contributed by atoms with E-state index in [1.54, 1.807) is 25.3 Å². The maximum atomic E-state index is 13.0. The summed E-state index contributed by atoms with van der Waals surface area (Å²) in [7, 11) is -1.99. The smallest absolute Gasteiger partial charge is 0.251 e. The Morgan fingerprint density at radius 1 is 1.17 bits per heavy atom. The standard InChI is InChI=1S/C23H30N2O4S/c1-4-22(18-8-10-20(29-3)11-9-18)24-23(26)19-6-5-7-21(16-19)30(27,28)25-14-12-17(2)13-15-25/h5-11,16-17,22H,4,12-15H2,1-3H3,(H,24,26). The van der Waals surface area contributed by atoms with Crippen LogP contribution in [0.5, 0.6) is 5.75 Å². The van der Waals surface area contributed by atoms with Crippen LogP contribution in [0.2, 0.25) is 0 Å². The Labute approximate surface area is 179 Å². The van der Waals surface area contributed by atoms with E-state index < -0.39 is 10.0 Å². The summed E-state index contributed by atoms with van der Waals surface area (Å²) < 4.78 is 32.7. The molecule has 3 rings (SSSR count). The molecule has 1 heterocycles. The molecule has 2 aromatic carbocycles. The third kappa shape index (κ3) is 5.02. The average Bonchev–Trinajstić information content (AvgIpc) is 2.77. The van der Waals surface area contributed by atoms with Gasteiger partial charge in [0, 0.05) is 18.7 Å². The number of hydrogen-bond donors (Lipinski definition) is 1. The highest BCUT2D eigenvalue weighted by Crippen LogP contribution is 2.25. The maximum absolute atomic E-state index is 13.0. The van der Waals surface area contributed by atoms with Crippen LogP contribution in [-0.2, 0) is 10.0 Å². The zero-order valence-corrected chi connectivity index (χ0v) is 18.6.